The Morgan fingerprint density at radius 3 is 2.43 bits per heavy atom. The predicted octanol–water partition coefficient (Wildman–Crippen LogP) is 2.35. The van der Waals surface area contributed by atoms with Gasteiger partial charge in [-0.2, -0.15) is 0 Å². The summed E-state index contributed by atoms with van der Waals surface area (Å²) in [5, 5.41) is 9.31. The van der Waals surface area contributed by atoms with Crippen LogP contribution < -0.4 is 0 Å². The number of carboxylic acid groups (broad SMARTS) is 1. The number of amides is 1. The Balaban J connectivity index is 2.13. The number of pyridine rings is 1. The highest BCUT2D eigenvalue weighted by Gasteiger charge is 2.42. The molecule has 0 radical (unpaired) electrons. The molecule has 4 unspecified atom stereocenters. The first kappa shape index (κ1) is 15.5. The molecule has 2 rings (SSSR count). The minimum Gasteiger partial charge on any atom is -0.481 e. The highest BCUT2D eigenvalue weighted by atomic mass is 16.4. The van der Waals surface area contributed by atoms with Gasteiger partial charge in [0.25, 0.3) is 0 Å². The Labute approximate surface area is 125 Å². The minimum atomic E-state index is -0.859. The van der Waals surface area contributed by atoms with Crippen LogP contribution in [-0.4, -0.2) is 33.9 Å². The molecule has 1 amide bonds. The average Bonchev–Trinajstić information content (AvgIpc) is 2.88. The predicted molar refractivity (Wildman–Crippen MR) is 78.4 cm³/mol. The lowest BCUT2D eigenvalue weighted by Gasteiger charge is -2.29. The Bertz CT molecular complexity index is 518. The molecular formula is C16H22N2O3. The normalized spacial score (nSPS) is 26.3. The zero-order chi connectivity index (χ0) is 15.6. The average molecular weight is 290 g/mol. The van der Waals surface area contributed by atoms with E-state index in [1.165, 1.54) is 0 Å². The summed E-state index contributed by atoms with van der Waals surface area (Å²) < 4.78 is 0. The third-order valence-corrected chi connectivity index (χ3v) is 4.55. The number of rotatable bonds is 4. The molecule has 1 aliphatic rings. The molecule has 0 saturated heterocycles. The maximum atomic E-state index is 12.7. The second-order valence-corrected chi connectivity index (χ2v) is 6.03. The van der Waals surface area contributed by atoms with Crippen molar-refractivity contribution in [2.75, 3.05) is 7.05 Å². The van der Waals surface area contributed by atoms with Gasteiger partial charge in [-0.1, -0.05) is 6.92 Å². The third-order valence-electron chi connectivity index (χ3n) is 4.55. The topological polar surface area (TPSA) is 70.5 Å². The molecule has 0 aromatic carbocycles. The lowest BCUT2D eigenvalue weighted by atomic mass is 9.94. The van der Waals surface area contributed by atoms with E-state index < -0.39 is 17.8 Å². The molecule has 1 N–H and O–H groups in total. The van der Waals surface area contributed by atoms with Crippen LogP contribution in [0, 0.1) is 17.8 Å². The Morgan fingerprint density at radius 1 is 1.29 bits per heavy atom. The fourth-order valence-electron chi connectivity index (χ4n) is 3.16. The molecule has 1 saturated carbocycles. The third kappa shape index (κ3) is 3.23. The van der Waals surface area contributed by atoms with Gasteiger partial charge in [-0.3, -0.25) is 14.6 Å². The number of carbonyl (C=O) groups excluding carboxylic acids is 1. The van der Waals surface area contributed by atoms with Crippen LogP contribution in [0.1, 0.15) is 38.3 Å². The molecule has 114 valence electrons. The van der Waals surface area contributed by atoms with Crippen molar-refractivity contribution in [3.05, 3.63) is 30.1 Å². The first-order chi connectivity index (χ1) is 9.91. The van der Waals surface area contributed by atoms with Crippen LogP contribution in [0.3, 0.4) is 0 Å². The molecule has 21 heavy (non-hydrogen) atoms. The van der Waals surface area contributed by atoms with E-state index in [9.17, 15) is 14.7 Å². The summed E-state index contributed by atoms with van der Waals surface area (Å²) in [5.74, 6) is -1.62. The fraction of sp³-hybridized carbons (Fsp3) is 0.562. The highest BCUT2D eigenvalue weighted by molar-refractivity contribution is 5.85. The molecule has 0 spiro atoms. The monoisotopic (exact) mass is 290 g/mol. The van der Waals surface area contributed by atoms with Gasteiger partial charge in [0.05, 0.1) is 17.9 Å². The van der Waals surface area contributed by atoms with Crippen molar-refractivity contribution in [2.24, 2.45) is 17.8 Å². The fourth-order valence-corrected chi connectivity index (χ4v) is 3.16. The van der Waals surface area contributed by atoms with Crippen LogP contribution in [-0.2, 0) is 9.59 Å². The number of aliphatic carboxylic acids is 1. The maximum absolute atomic E-state index is 12.7. The van der Waals surface area contributed by atoms with Crippen molar-refractivity contribution in [2.45, 2.75) is 32.7 Å². The van der Waals surface area contributed by atoms with Gasteiger partial charge in [-0.15, -0.1) is 0 Å². The van der Waals surface area contributed by atoms with Crippen molar-refractivity contribution in [1.29, 1.82) is 0 Å². The summed E-state index contributed by atoms with van der Waals surface area (Å²) in [6.45, 7) is 3.96. The number of nitrogens with zero attached hydrogens (tertiary/aromatic N) is 2. The van der Waals surface area contributed by atoms with Crippen LogP contribution in [0.5, 0.6) is 0 Å². The number of carboxylic acids is 1. The molecule has 4 atom stereocenters. The largest absolute Gasteiger partial charge is 0.481 e. The van der Waals surface area contributed by atoms with Crippen LogP contribution in [0.15, 0.2) is 24.5 Å². The smallest absolute Gasteiger partial charge is 0.307 e. The van der Waals surface area contributed by atoms with E-state index in [0.717, 1.165) is 5.56 Å². The van der Waals surface area contributed by atoms with Crippen molar-refractivity contribution in [3.63, 3.8) is 0 Å². The lowest BCUT2D eigenvalue weighted by molar-refractivity contribution is -0.149. The summed E-state index contributed by atoms with van der Waals surface area (Å²) in [6.07, 6.45) is 4.64. The van der Waals surface area contributed by atoms with E-state index in [4.69, 9.17) is 0 Å². The van der Waals surface area contributed by atoms with Crippen molar-refractivity contribution < 1.29 is 14.7 Å². The maximum Gasteiger partial charge on any atom is 0.307 e. The number of aromatic nitrogens is 1. The van der Waals surface area contributed by atoms with Gasteiger partial charge in [0.2, 0.25) is 5.91 Å². The van der Waals surface area contributed by atoms with Crippen LogP contribution >= 0.6 is 0 Å². The second kappa shape index (κ2) is 6.24. The van der Waals surface area contributed by atoms with Crippen molar-refractivity contribution in [1.82, 2.24) is 9.88 Å². The molecule has 1 heterocycles. The van der Waals surface area contributed by atoms with Crippen LogP contribution in [0.25, 0.3) is 0 Å². The zero-order valence-electron chi connectivity index (χ0n) is 12.7. The molecular weight excluding hydrogens is 268 g/mol. The van der Waals surface area contributed by atoms with E-state index in [2.05, 4.69) is 4.98 Å². The van der Waals surface area contributed by atoms with Crippen LogP contribution in [0.2, 0.25) is 0 Å². The number of carbonyl (C=O) groups is 2. The molecule has 0 aliphatic heterocycles. The summed E-state index contributed by atoms with van der Waals surface area (Å²) in [6, 6.07) is 3.66. The zero-order valence-corrected chi connectivity index (χ0v) is 12.7. The molecule has 1 aliphatic carbocycles. The SMILES string of the molecule is CC1CC(C(=O)O)C(C(=O)N(C)C(C)c2ccncc2)C1. The lowest BCUT2D eigenvalue weighted by Crippen LogP contribution is -2.38. The molecule has 5 nitrogen and oxygen atoms in total. The Kier molecular flexibility index (Phi) is 4.60. The Hall–Kier alpha value is -1.91. The molecule has 0 bridgehead atoms. The van der Waals surface area contributed by atoms with Crippen molar-refractivity contribution in [3.8, 4) is 0 Å². The number of hydrogen-bond donors (Lipinski definition) is 1. The standard InChI is InChI=1S/C16H22N2O3/c1-10-8-13(14(9-10)16(20)21)15(19)18(3)11(2)12-4-6-17-7-5-12/h4-7,10-11,13-14H,8-9H2,1-3H3,(H,20,21). The van der Waals surface area contributed by atoms with Gasteiger partial charge in [-0.25, -0.2) is 0 Å². The molecule has 1 aromatic rings. The summed E-state index contributed by atoms with van der Waals surface area (Å²) >= 11 is 0. The summed E-state index contributed by atoms with van der Waals surface area (Å²) in [5.41, 5.74) is 0.999. The van der Waals surface area contributed by atoms with E-state index in [0.29, 0.717) is 12.8 Å². The van der Waals surface area contributed by atoms with Gasteiger partial charge in [0, 0.05) is 19.4 Å². The van der Waals surface area contributed by atoms with Gasteiger partial charge in [-0.05, 0) is 43.4 Å². The van der Waals surface area contributed by atoms with Gasteiger partial charge in [0.15, 0.2) is 0 Å². The van der Waals surface area contributed by atoms with Crippen LogP contribution in [0.4, 0.5) is 0 Å². The summed E-state index contributed by atoms with van der Waals surface area (Å²) in [7, 11) is 1.75. The molecule has 1 fully saturated rings. The highest BCUT2D eigenvalue weighted by Crippen LogP contribution is 2.38. The van der Waals surface area contributed by atoms with E-state index in [-0.39, 0.29) is 17.9 Å². The van der Waals surface area contributed by atoms with E-state index >= 15 is 0 Å². The quantitative estimate of drug-likeness (QED) is 0.924. The Morgan fingerprint density at radius 2 is 1.86 bits per heavy atom. The van der Waals surface area contributed by atoms with E-state index in [1.54, 1.807) is 24.3 Å². The first-order valence-corrected chi connectivity index (χ1v) is 7.31. The van der Waals surface area contributed by atoms with Crippen molar-refractivity contribution >= 4 is 11.9 Å². The molecule has 5 heteroatoms. The van der Waals surface area contributed by atoms with Gasteiger partial charge in [0.1, 0.15) is 0 Å². The second-order valence-electron chi connectivity index (χ2n) is 6.03. The van der Waals surface area contributed by atoms with Gasteiger partial charge >= 0.3 is 5.97 Å². The summed E-state index contributed by atoms with van der Waals surface area (Å²) in [4.78, 5) is 29.6. The van der Waals surface area contributed by atoms with E-state index in [1.807, 2.05) is 26.0 Å². The molecule has 1 aromatic heterocycles. The number of hydrogen-bond acceptors (Lipinski definition) is 3. The first-order valence-electron chi connectivity index (χ1n) is 7.31. The minimum absolute atomic E-state index is 0.0731. The van der Waals surface area contributed by atoms with Gasteiger partial charge < -0.3 is 10.0 Å².